The van der Waals surface area contributed by atoms with Crippen molar-refractivity contribution in [2.24, 2.45) is 17.6 Å². The zero-order chi connectivity index (χ0) is 30.2. The highest BCUT2D eigenvalue weighted by Crippen LogP contribution is 2.53. The summed E-state index contributed by atoms with van der Waals surface area (Å²) >= 11 is 0. The third-order valence-electron chi connectivity index (χ3n) is 8.50. The summed E-state index contributed by atoms with van der Waals surface area (Å²) in [6.07, 6.45) is -5.64. The Bertz CT molecular complexity index is 1470. The van der Waals surface area contributed by atoms with Crippen molar-refractivity contribution in [2.45, 2.75) is 57.0 Å². The molecule has 0 radical (unpaired) electrons. The first-order valence-electron chi connectivity index (χ1n) is 13.0. The number of nitrogens with one attached hydrogen (secondary N) is 1. The van der Waals surface area contributed by atoms with Gasteiger partial charge in [-0.25, -0.2) is 0 Å². The van der Waals surface area contributed by atoms with E-state index in [0.717, 1.165) is 6.07 Å². The minimum Gasteiger partial charge on any atom is -0.511 e. The smallest absolute Gasteiger partial charge is 0.417 e. The number of aliphatic hydroxyl groups excluding tert-OH is 2. The lowest BCUT2D eigenvalue weighted by Crippen LogP contribution is -2.57. The summed E-state index contributed by atoms with van der Waals surface area (Å²) in [4.78, 5) is 51.4. The summed E-state index contributed by atoms with van der Waals surface area (Å²) < 4.78 is 43.7. The molecular weight excluding hydrogens is 551 g/mol. The van der Waals surface area contributed by atoms with Gasteiger partial charge in [-0.2, -0.15) is 13.2 Å². The second kappa shape index (κ2) is 9.58. The van der Waals surface area contributed by atoms with Crippen LogP contribution in [0, 0.1) is 11.8 Å². The first-order chi connectivity index (χ1) is 19.0. The van der Waals surface area contributed by atoms with Crippen LogP contribution in [0.4, 0.5) is 13.2 Å². The summed E-state index contributed by atoms with van der Waals surface area (Å²) in [6.45, 7) is 1.80. The molecule has 3 aliphatic carbocycles. The minimum atomic E-state index is -4.93. The van der Waals surface area contributed by atoms with Crippen molar-refractivity contribution in [1.29, 1.82) is 0 Å². The molecule has 14 heteroatoms. The second-order valence-electron chi connectivity index (χ2n) is 11.1. The van der Waals surface area contributed by atoms with E-state index in [9.17, 15) is 52.8 Å². The molecule has 11 nitrogen and oxygen atoms in total. The van der Waals surface area contributed by atoms with E-state index in [2.05, 4.69) is 5.32 Å². The summed E-state index contributed by atoms with van der Waals surface area (Å²) in [6, 6.07) is 0.603. The summed E-state index contributed by atoms with van der Waals surface area (Å²) in [5.41, 5.74) is -1.66. The van der Waals surface area contributed by atoms with Crippen molar-refractivity contribution in [3.63, 3.8) is 0 Å². The first kappa shape index (κ1) is 28.6. The Kier molecular flexibility index (Phi) is 6.69. The van der Waals surface area contributed by atoms with Crippen LogP contribution in [0.1, 0.15) is 53.2 Å². The zero-order valence-electron chi connectivity index (χ0n) is 21.8. The highest BCUT2D eigenvalue weighted by atomic mass is 19.4. The standard InChI is InChI=1S/C27H28F3N3O8/c1-10(34)32-14-2-3-33(9-14)8-12-6-16(35)19-15(21(12)27(28,29)30)5-11-4-13-7-17(36)20(25(31)40)24(39)26(13,41)23(38)18(11)22(19)37/h6,11,13-14,35-36,38,41H,2-5,7-9H2,1H3,(H2,31,40)(H,32,34)/t11?,13-,14+,26-/m0/s1. The monoisotopic (exact) mass is 579 g/mol. The predicted octanol–water partition coefficient (Wildman–Crippen LogP) is 1.31. The number of hydrogen-bond acceptors (Lipinski definition) is 9. The molecule has 1 fully saturated rings. The van der Waals surface area contributed by atoms with Gasteiger partial charge in [0.1, 0.15) is 22.8 Å². The Morgan fingerprint density at radius 3 is 2.49 bits per heavy atom. The third-order valence-corrected chi connectivity index (χ3v) is 8.50. The summed E-state index contributed by atoms with van der Waals surface area (Å²) in [7, 11) is 0. The van der Waals surface area contributed by atoms with E-state index in [-0.39, 0.29) is 37.0 Å². The largest absolute Gasteiger partial charge is 0.511 e. The van der Waals surface area contributed by atoms with Crippen LogP contribution in [0.2, 0.25) is 0 Å². The molecule has 1 heterocycles. The van der Waals surface area contributed by atoms with Crippen LogP contribution in [0.15, 0.2) is 28.7 Å². The molecular formula is C27H28F3N3O8. The number of benzene rings is 1. The first-order valence-corrected chi connectivity index (χ1v) is 13.0. The van der Waals surface area contributed by atoms with Crippen LogP contribution in [0.5, 0.6) is 5.75 Å². The number of phenols is 1. The van der Waals surface area contributed by atoms with E-state index in [1.165, 1.54) is 6.92 Å². The molecule has 5 rings (SSSR count). The SMILES string of the molecule is CC(=O)N[C@@H]1CCN(Cc2cc(O)c3c(c2C(F)(F)F)CC2C[C@H]4CC(O)=C(C(N)=O)C(=O)[C@@]4(O)C(O)=C2C3=O)C1. The molecule has 220 valence electrons. The summed E-state index contributed by atoms with van der Waals surface area (Å²) in [5, 5.41) is 46.1. The Morgan fingerprint density at radius 1 is 1.20 bits per heavy atom. The zero-order valence-corrected chi connectivity index (χ0v) is 21.8. The number of fused-ring (bicyclic) bond motifs is 3. The van der Waals surface area contributed by atoms with Crippen molar-refractivity contribution >= 4 is 23.4 Å². The number of aromatic hydroxyl groups is 1. The molecule has 41 heavy (non-hydrogen) atoms. The number of nitrogens with two attached hydrogens (primary N) is 1. The van der Waals surface area contributed by atoms with Crippen LogP contribution in [-0.4, -0.2) is 73.4 Å². The van der Waals surface area contributed by atoms with E-state index in [4.69, 9.17) is 5.73 Å². The molecule has 0 saturated carbocycles. The Morgan fingerprint density at radius 2 is 1.88 bits per heavy atom. The van der Waals surface area contributed by atoms with Crippen molar-refractivity contribution in [3.05, 3.63) is 51.0 Å². The Labute approximate surface area is 231 Å². The van der Waals surface area contributed by atoms with Gasteiger partial charge in [0, 0.05) is 50.5 Å². The van der Waals surface area contributed by atoms with Gasteiger partial charge in [0.25, 0.3) is 5.91 Å². The van der Waals surface area contributed by atoms with Gasteiger partial charge in [-0.1, -0.05) is 0 Å². The average molecular weight is 580 g/mol. The van der Waals surface area contributed by atoms with Crippen LogP contribution in [0.25, 0.3) is 0 Å². The highest BCUT2D eigenvalue weighted by Gasteiger charge is 2.60. The molecule has 1 aromatic carbocycles. The number of ketones is 2. The van der Waals surface area contributed by atoms with Gasteiger partial charge in [-0.15, -0.1) is 0 Å². The quantitative estimate of drug-likeness (QED) is 0.286. The number of halogens is 3. The van der Waals surface area contributed by atoms with Gasteiger partial charge in [0.05, 0.1) is 11.1 Å². The number of carbonyl (C=O) groups is 4. The van der Waals surface area contributed by atoms with E-state index < -0.39 is 99.0 Å². The lowest BCUT2D eigenvalue weighted by atomic mass is 9.60. The van der Waals surface area contributed by atoms with Gasteiger partial charge < -0.3 is 31.5 Å². The molecule has 2 amide bonds. The average Bonchev–Trinajstić information content (AvgIpc) is 3.25. The van der Waals surface area contributed by atoms with Crippen molar-refractivity contribution < 1.29 is 52.8 Å². The number of phenolic OH excluding ortho intramolecular Hbond substituents is 1. The normalized spacial score (nSPS) is 28.4. The van der Waals surface area contributed by atoms with Crippen LogP contribution in [0.3, 0.4) is 0 Å². The van der Waals surface area contributed by atoms with E-state index >= 15 is 0 Å². The number of alkyl halides is 3. The maximum absolute atomic E-state index is 14.6. The van der Waals surface area contributed by atoms with Gasteiger partial charge in [0.15, 0.2) is 11.4 Å². The number of hydrogen-bond donors (Lipinski definition) is 6. The fraction of sp³-hybridized carbons (Fsp3) is 0.481. The topological polar surface area (TPSA) is 190 Å². The fourth-order valence-corrected chi connectivity index (χ4v) is 6.86. The molecule has 0 bridgehead atoms. The molecule has 1 unspecified atom stereocenters. The number of carbonyl (C=O) groups excluding carboxylic acids is 4. The molecule has 4 aliphatic rings. The molecule has 7 N–H and O–H groups in total. The number of likely N-dealkylation sites (tertiary alicyclic amines) is 1. The molecule has 1 saturated heterocycles. The third kappa shape index (κ3) is 4.45. The molecule has 4 atom stereocenters. The highest BCUT2D eigenvalue weighted by molar-refractivity contribution is 6.24. The van der Waals surface area contributed by atoms with Gasteiger partial charge in [-0.05, 0) is 42.4 Å². The summed E-state index contributed by atoms with van der Waals surface area (Å²) in [5.74, 6) is -9.21. The fourth-order valence-electron chi connectivity index (χ4n) is 6.86. The van der Waals surface area contributed by atoms with Crippen molar-refractivity contribution in [2.75, 3.05) is 13.1 Å². The number of allylic oxidation sites excluding steroid dienone is 2. The molecule has 0 spiro atoms. The lowest BCUT2D eigenvalue weighted by molar-refractivity contribution is -0.144. The molecule has 1 aliphatic heterocycles. The van der Waals surface area contributed by atoms with Crippen molar-refractivity contribution in [1.82, 2.24) is 10.2 Å². The van der Waals surface area contributed by atoms with Crippen LogP contribution < -0.4 is 11.1 Å². The number of nitrogens with zero attached hydrogens (tertiary/aromatic N) is 1. The maximum atomic E-state index is 14.6. The Hall–Kier alpha value is -3.91. The maximum Gasteiger partial charge on any atom is 0.417 e. The molecule has 1 aromatic rings. The predicted molar refractivity (Wildman–Crippen MR) is 133 cm³/mol. The second-order valence-corrected chi connectivity index (χ2v) is 11.1. The van der Waals surface area contributed by atoms with E-state index in [0.29, 0.717) is 13.0 Å². The van der Waals surface area contributed by atoms with Gasteiger partial charge >= 0.3 is 6.18 Å². The number of rotatable bonds is 4. The number of primary amides is 1. The van der Waals surface area contributed by atoms with Crippen molar-refractivity contribution in [3.8, 4) is 5.75 Å². The molecule has 0 aromatic heterocycles. The lowest BCUT2D eigenvalue weighted by Gasteiger charge is -2.45. The van der Waals surface area contributed by atoms with E-state index in [1.54, 1.807) is 4.90 Å². The number of aliphatic hydroxyl groups is 3. The van der Waals surface area contributed by atoms with Gasteiger partial charge in [0.2, 0.25) is 11.7 Å². The Balaban J connectivity index is 1.59. The van der Waals surface area contributed by atoms with Gasteiger partial charge in [-0.3, -0.25) is 24.1 Å². The van der Waals surface area contributed by atoms with Crippen LogP contribution >= 0.6 is 0 Å². The number of amides is 2. The minimum absolute atomic E-state index is 0.218. The van der Waals surface area contributed by atoms with E-state index in [1.807, 2.05) is 0 Å². The number of Topliss-reactive ketones (excluding diaryl/α,β-unsaturated/α-hetero) is 2. The van der Waals surface area contributed by atoms with Crippen LogP contribution in [-0.2, 0) is 33.5 Å².